The summed E-state index contributed by atoms with van der Waals surface area (Å²) in [5.41, 5.74) is 0.106. The van der Waals surface area contributed by atoms with E-state index in [0.717, 1.165) is 0 Å². The number of esters is 1. The Balaban J connectivity index is 2.12. The van der Waals surface area contributed by atoms with Crippen LogP contribution in [0.3, 0.4) is 0 Å². The van der Waals surface area contributed by atoms with Crippen molar-refractivity contribution in [2.75, 3.05) is 20.2 Å². The molecular weight excluding hydrogens is 368 g/mol. The lowest BCUT2D eigenvalue weighted by atomic mass is 10.1. The molecule has 1 aromatic rings. The van der Waals surface area contributed by atoms with E-state index in [0.29, 0.717) is 12.8 Å². The Morgan fingerprint density at radius 1 is 1.36 bits per heavy atom. The van der Waals surface area contributed by atoms with E-state index in [-0.39, 0.29) is 40.5 Å². The van der Waals surface area contributed by atoms with Crippen LogP contribution >= 0.6 is 11.6 Å². The van der Waals surface area contributed by atoms with Crippen LogP contribution in [0.4, 0.5) is 0 Å². The highest BCUT2D eigenvalue weighted by molar-refractivity contribution is 7.89. The van der Waals surface area contributed by atoms with Crippen molar-refractivity contribution in [3.63, 3.8) is 0 Å². The molecule has 136 valence electrons. The molecule has 0 aromatic heterocycles. The predicted octanol–water partition coefficient (Wildman–Crippen LogP) is 1.58. The molecule has 0 spiro atoms. The monoisotopic (exact) mass is 386 g/mol. The standard InChI is InChI=1S/C16H19ClN2O5S/c1-3-15(20)18-11-6-8-19(9-7-11)25(22,23)12-4-5-13(14(17)10-12)16(21)24-2/h3-5,10-11H,1,6-9H2,2H3,(H,18,20). The van der Waals surface area contributed by atoms with Crippen molar-refractivity contribution in [1.82, 2.24) is 9.62 Å². The third-order valence-electron chi connectivity index (χ3n) is 3.97. The van der Waals surface area contributed by atoms with Crippen LogP contribution in [0.1, 0.15) is 23.2 Å². The lowest BCUT2D eigenvalue weighted by Gasteiger charge is -2.31. The quantitative estimate of drug-likeness (QED) is 0.612. The molecule has 1 aromatic carbocycles. The lowest BCUT2D eigenvalue weighted by molar-refractivity contribution is -0.117. The zero-order valence-electron chi connectivity index (χ0n) is 13.7. The lowest BCUT2D eigenvalue weighted by Crippen LogP contribution is -2.46. The van der Waals surface area contributed by atoms with Crippen LogP contribution in [0.15, 0.2) is 35.7 Å². The van der Waals surface area contributed by atoms with Gasteiger partial charge in [0.25, 0.3) is 0 Å². The highest BCUT2D eigenvalue weighted by Crippen LogP contribution is 2.26. The molecule has 0 bridgehead atoms. The molecule has 0 unspecified atom stereocenters. The topological polar surface area (TPSA) is 92.8 Å². The van der Waals surface area contributed by atoms with E-state index in [9.17, 15) is 18.0 Å². The number of piperidine rings is 1. The molecular formula is C16H19ClN2O5S. The van der Waals surface area contributed by atoms with Crippen molar-refractivity contribution in [3.8, 4) is 0 Å². The summed E-state index contributed by atoms with van der Waals surface area (Å²) >= 11 is 6.00. The van der Waals surface area contributed by atoms with Gasteiger partial charge in [-0.15, -0.1) is 0 Å². The number of benzene rings is 1. The summed E-state index contributed by atoms with van der Waals surface area (Å²) < 4.78 is 31.4. The largest absolute Gasteiger partial charge is 0.465 e. The van der Waals surface area contributed by atoms with E-state index >= 15 is 0 Å². The predicted molar refractivity (Wildman–Crippen MR) is 92.9 cm³/mol. The van der Waals surface area contributed by atoms with E-state index in [2.05, 4.69) is 16.6 Å². The molecule has 7 nitrogen and oxygen atoms in total. The van der Waals surface area contributed by atoms with Crippen molar-refractivity contribution in [1.29, 1.82) is 0 Å². The highest BCUT2D eigenvalue weighted by Gasteiger charge is 2.30. The summed E-state index contributed by atoms with van der Waals surface area (Å²) in [7, 11) is -2.51. The van der Waals surface area contributed by atoms with E-state index < -0.39 is 16.0 Å². The van der Waals surface area contributed by atoms with Gasteiger partial charge in [0.2, 0.25) is 15.9 Å². The van der Waals surface area contributed by atoms with Crippen LogP contribution in [0, 0.1) is 0 Å². The van der Waals surface area contributed by atoms with E-state index in [4.69, 9.17) is 11.6 Å². The number of methoxy groups -OCH3 is 1. The molecule has 1 amide bonds. The second kappa shape index (κ2) is 7.99. The summed E-state index contributed by atoms with van der Waals surface area (Å²) in [5.74, 6) is -0.904. The number of hydrogen-bond acceptors (Lipinski definition) is 5. The van der Waals surface area contributed by atoms with Crippen LogP contribution < -0.4 is 5.32 Å². The highest BCUT2D eigenvalue weighted by atomic mass is 35.5. The smallest absolute Gasteiger partial charge is 0.339 e. The van der Waals surface area contributed by atoms with Gasteiger partial charge in [-0.1, -0.05) is 18.2 Å². The third kappa shape index (κ3) is 4.39. The summed E-state index contributed by atoms with van der Waals surface area (Å²) in [5, 5.41) is 2.78. The van der Waals surface area contributed by atoms with Crippen LogP contribution in [0.5, 0.6) is 0 Å². The van der Waals surface area contributed by atoms with Crippen molar-refractivity contribution >= 4 is 33.5 Å². The number of ether oxygens (including phenoxy) is 1. The minimum Gasteiger partial charge on any atom is -0.465 e. The Hall–Kier alpha value is -1.90. The molecule has 1 saturated heterocycles. The number of nitrogens with one attached hydrogen (secondary N) is 1. The van der Waals surface area contributed by atoms with Crippen LogP contribution in [0.25, 0.3) is 0 Å². The molecule has 25 heavy (non-hydrogen) atoms. The van der Waals surface area contributed by atoms with Gasteiger partial charge < -0.3 is 10.1 Å². The maximum absolute atomic E-state index is 12.7. The summed E-state index contributed by atoms with van der Waals surface area (Å²) in [6, 6.07) is 3.83. The minimum atomic E-state index is -3.73. The Bertz CT molecular complexity index is 786. The summed E-state index contributed by atoms with van der Waals surface area (Å²) in [4.78, 5) is 22.9. The molecule has 1 fully saturated rings. The van der Waals surface area contributed by atoms with Crippen LogP contribution in [-0.4, -0.2) is 50.8 Å². The van der Waals surface area contributed by atoms with Gasteiger partial charge >= 0.3 is 5.97 Å². The van der Waals surface area contributed by atoms with Gasteiger partial charge in [-0.25, -0.2) is 13.2 Å². The van der Waals surface area contributed by atoms with Gasteiger partial charge in [-0.05, 0) is 37.1 Å². The molecule has 1 aliphatic heterocycles. The fourth-order valence-electron chi connectivity index (χ4n) is 2.58. The Labute approximate surface area is 151 Å². The van der Waals surface area contributed by atoms with Gasteiger partial charge in [0.05, 0.1) is 22.6 Å². The van der Waals surface area contributed by atoms with Gasteiger partial charge in [0, 0.05) is 19.1 Å². The molecule has 0 atom stereocenters. The van der Waals surface area contributed by atoms with Crippen LogP contribution in [0.2, 0.25) is 5.02 Å². The van der Waals surface area contributed by atoms with Gasteiger partial charge in [-0.3, -0.25) is 4.79 Å². The summed E-state index contributed by atoms with van der Waals surface area (Å²) in [6.45, 7) is 3.95. The third-order valence-corrected chi connectivity index (χ3v) is 6.18. The number of sulfonamides is 1. The minimum absolute atomic E-state index is 0.0127. The molecule has 1 heterocycles. The zero-order valence-corrected chi connectivity index (χ0v) is 15.3. The van der Waals surface area contributed by atoms with E-state index in [1.165, 1.54) is 35.7 Å². The fraction of sp³-hybridized carbons (Fsp3) is 0.375. The fourth-order valence-corrected chi connectivity index (χ4v) is 4.40. The SMILES string of the molecule is C=CC(=O)NC1CCN(S(=O)(=O)c2ccc(C(=O)OC)c(Cl)c2)CC1. The Morgan fingerprint density at radius 2 is 2.00 bits per heavy atom. The first-order valence-electron chi connectivity index (χ1n) is 7.60. The second-order valence-electron chi connectivity index (χ2n) is 5.52. The first kappa shape index (κ1) is 19.4. The van der Waals surface area contributed by atoms with Crippen molar-refractivity contribution in [3.05, 3.63) is 41.4 Å². The number of carbonyl (C=O) groups is 2. The maximum Gasteiger partial charge on any atom is 0.339 e. The molecule has 1 aliphatic rings. The molecule has 9 heteroatoms. The molecule has 0 radical (unpaired) electrons. The second-order valence-corrected chi connectivity index (χ2v) is 7.87. The molecule has 0 saturated carbocycles. The van der Waals surface area contributed by atoms with Crippen LogP contribution in [-0.2, 0) is 19.6 Å². The maximum atomic E-state index is 12.7. The van der Waals surface area contributed by atoms with E-state index in [1.807, 2.05) is 0 Å². The summed E-state index contributed by atoms with van der Waals surface area (Å²) in [6.07, 6.45) is 2.20. The average molecular weight is 387 g/mol. The van der Waals surface area contributed by atoms with E-state index in [1.54, 1.807) is 0 Å². The van der Waals surface area contributed by atoms with Crippen molar-refractivity contribution in [2.24, 2.45) is 0 Å². The Morgan fingerprint density at radius 3 is 2.52 bits per heavy atom. The molecule has 1 N–H and O–H groups in total. The number of amides is 1. The zero-order chi connectivity index (χ0) is 18.6. The normalized spacial score (nSPS) is 16.2. The van der Waals surface area contributed by atoms with Gasteiger partial charge in [0.1, 0.15) is 0 Å². The molecule has 2 rings (SSSR count). The van der Waals surface area contributed by atoms with Crippen molar-refractivity contribution < 1.29 is 22.7 Å². The van der Waals surface area contributed by atoms with Gasteiger partial charge in [0.15, 0.2) is 0 Å². The number of nitrogens with zero attached hydrogens (tertiary/aromatic N) is 1. The number of carbonyl (C=O) groups excluding carboxylic acids is 2. The Kier molecular flexibility index (Phi) is 6.21. The first-order chi connectivity index (χ1) is 11.8. The average Bonchev–Trinajstić information content (AvgIpc) is 2.61. The molecule has 0 aliphatic carbocycles. The van der Waals surface area contributed by atoms with Gasteiger partial charge in [-0.2, -0.15) is 4.31 Å². The number of halogens is 1. The number of rotatable bonds is 5. The van der Waals surface area contributed by atoms with Crippen molar-refractivity contribution in [2.45, 2.75) is 23.8 Å². The first-order valence-corrected chi connectivity index (χ1v) is 9.42. The number of hydrogen-bond donors (Lipinski definition) is 1.